The summed E-state index contributed by atoms with van der Waals surface area (Å²) in [6.45, 7) is 2.40. The fourth-order valence-electron chi connectivity index (χ4n) is 7.45. The number of carbonyl (C=O) groups is 4. The van der Waals surface area contributed by atoms with Gasteiger partial charge in [-0.1, -0.05) is 0 Å². The molecule has 0 N–H and O–H groups in total. The lowest BCUT2D eigenvalue weighted by atomic mass is 9.35. The van der Waals surface area contributed by atoms with Crippen LogP contribution in [-0.4, -0.2) is 101 Å². The van der Waals surface area contributed by atoms with Gasteiger partial charge in [0.15, 0.2) is 0 Å². The standard InChI is InChI=1S/C26H32O12/c27-19(35-5-15-1-31-15)23-9-24(20(28)36-6-16-2-32-16)12-25(10-23,21(29)37-7-17-3-33-17)14-26(11-23,13-24)22(30)38-8-18-4-34-18/h15-18H,1-14H2. The fraction of sp³-hybridized carbons (Fsp3) is 0.846. The molecule has 4 aliphatic carbocycles. The molecule has 4 saturated heterocycles. The van der Waals surface area contributed by atoms with Gasteiger partial charge in [-0.15, -0.1) is 0 Å². The van der Waals surface area contributed by atoms with Crippen LogP contribution in [0.1, 0.15) is 38.5 Å². The molecule has 0 aromatic rings. The molecular weight excluding hydrogens is 504 g/mol. The molecule has 208 valence electrons. The van der Waals surface area contributed by atoms with Crippen LogP contribution in [0.4, 0.5) is 0 Å². The molecule has 12 heteroatoms. The van der Waals surface area contributed by atoms with Crippen molar-refractivity contribution in [2.24, 2.45) is 21.7 Å². The maximum Gasteiger partial charge on any atom is 0.312 e. The van der Waals surface area contributed by atoms with Crippen LogP contribution in [0.3, 0.4) is 0 Å². The van der Waals surface area contributed by atoms with Crippen molar-refractivity contribution in [2.45, 2.75) is 62.9 Å². The van der Waals surface area contributed by atoms with Gasteiger partial charge >= 0.3 is 23.9 Å². The van der Waals surface area contributed by atoms with Crippen LogP contribution in [0.25, 0.3) is 0 Å². The topological polar surface area (TPSA) is 155 Å². The molecule has 4 aliphatic heterocycles. The summed E-state index contributed by atoms with van der Waals surface area (Å²) >= 11 is 0. The predicted octanol–water partition coefficient (Wildman–Crippen LogP) is 0.0814. The Morgan fingerprint density at radius 1 is 0.447 bits per heavy atom. The zero-order chi connectivity index (χ0) is 26.2. The molecule has 0 aromatic carbocycles. The number of ether oxygens (including phenoxy) is 8. The molecular formula is C26H32O12. The molecule has 0 amide bonds. The SMILES string of the molecule is O=C(OCC1CO1)C12CC3(C(=O)OCC4CO4)CC(C(=O)OCC4CO4)(C1)CC(C(=O)OCC1CO1)(C2)C3. The van der Waals surface area contributed by atoms with Gasteiger partial charge in [0.2, 0.25) is 0 Å². The first-order chi connectivity index (χ1) is 18.2. The number of hydrogen-bond donors (Lipinski definition) is 0. The third-order valence-electron chi connectivity index (χ3n) is 9.00. The van der Waals surface area contributed by atoms with E-state index in [1.165, 1.54) is 0 Å². The molecule has 4 atom stereocenters. The Bertz CT molecular complexity index is 839. The molecule has 0 spiro atoms. The minimum atomic E-state index is -1.25. The Morgan fingerprint density at radius 2 is 0.632 bits per heavy atom. The molecule has 8 aliphatic rings. The zero-order valence-electron chi connectivity index (χ0n) is 21.1. The second kappa shape index (κ2) is 8.61. The van der Waals surface area contributed by atoms with Crippen molar-refractivity contribution in [1.29, 1.82) is 0 Å². The second-order valence-corrected chi connectivity index (χ2v) is 12.4. The Morgan fingerprint density at radius 3 is 0.789 bits per heavy atom. The Balaban J connectivity index is 1.24. The van der Waals surface area contributed by atoms with Crippen LogP contribution in [-0.2, 0) is 57.1 Å². The highest BCUT2D eigenvalue weighted by molar-refractivity contribution is 5.92. The van der Waals surface area contributed by atoms with E-state index < -0.39 is 45.5 Å². The molecule has 4 heterocycles. The number of rotatable bonds is 12. The quantitative estimate of drug-likeness (QED) is 0.188. The predicted molar refractivity (Wildman–Crippen MR) is 120 cm³/mol. The molecule has 8 rings (SSSR count). The third kappa shape index (κ3) is 4.48. The normalized spacial score (nSPS) is 44.6. The summed E-state index contributed by atoms with van der Waals surface area (Å²) in [6.07, 6.45) is 0.201. The smallest absolute Gasteiger partial charge is 0.312 e. The molecule has 0 radical (unpaired) electrons. The van der Waals surface area contributed by atoms with Crippen LogP contribution in [0.2, 0.25) is 0 Å². The Kier molecular flexibility index (Phi) is 5.60. The van der Waals surface area contributed by atoms with Gasteiger partial charge in [0.1, 0.15) is 50.8 Å². The number of esters is 4. The number of carbonyl (C=O) groups excluding carboxylic acids is 4. The average Bonchev–Trinajstić information content (AvgIpc) is 3.70. The molecule has 38 heavy (non-hydrogen) atoms. The summed E-state index contributed by atoms with van der Waals surface area (Å²) in [5, 5.41) is 0. The van der Waals surface area contributed by atoms with E-state index >= 15 is 0 Å². The van der Waals surface area contributed by atoms with Crippen LogP contribution < -0.4 is 0 Å². The maximum atomic E-state index is 13.8. The van der Waals surface area contributed by atoms with Crippen molar-refractivity contribution >= 4 is 23.9 Å². The van der Waals surface area contributed by atoms with Crippen molar-refractivity contribution in [3.05, 3.63) is 0 Å². The highest BCUT2D eigenvalue weighted by Crippen LogP contribution is 2.75. The van der Waals surface area contributed by atoms with Crippen LogP contribution in [0, 0.1) is 21.7 Å². The summed E-state index contributed by atoms with van der Waals surface area (Å²) in [6, 6.07) is 0. The molecule has 4 unspecified atom stereocenters. The van der Waals surface area contributed by atoms with Gasteiger partial charge in [-0.05, 0) is 38.5 Å². The monoisotopic (exact) mass is 536 g/mol. The molecule has 4 bridgehead atoms. The van der Waals surface area contributed by atoms with Gasteiger partial charge in [-0.25, -0.2) is 0 Å². The maximum absolute atomic E-state index is 13.8. The third-order valence-corrected chi connectivity index (χ3v) is 9.00. The molecule has 12 nitrogen and oxygen atoms in total. The van der Waals surface area contributed by atoms with E-state index in [9.17, 15) is 19.2 Å². The van der Waals surface area contributed by atoms with Gasteiger partial charge in [0.05, 0.1) is 48.1 Å². The van der Waals surface area contributed by atoms with Crippen LogP contribution in [0.15, 0.2) is 0 Å². The lowest BCUT2D eigenvalue weighted by molar-refractivity contribution is -0.236. The first-order valence-corrected chi connectivity index (χ1v) is 13.4. The first-order valence-electron chi connectivity index (χ1n) is 13.4. The van der Waals surface area contributed by atoms with Crippen molar-refractivity contribution in [2.75, 3.05) is 52.9 Å². The summed E-state index contributed by atoms with van der Waals surface area (Å²) in [5.74, 6) is -2.11. The first kappa shape index (κ1) is 24.7. The summed E-state index contributed by atoms with van der Waals surface area (Å²) < 4.78 is 43.5. The zero-order valence-corrected chi connectivity index (χ0v) is 21.1. The van der Waals surface area contributed by atoms with E-state index in [0.29, 0.717) is 26.4 Å². The second-order valence-electron chi connectivity index (χ2n) is 12.4. The van der Waals surface area contributed by atoms with Crippen molar-refractivity contribution in [3.63, 3.8) is 0 Å². The molecule has 4 saturated carbocycles. The minimum absolute atomic E-state index is 0.0873. The van der Waals surface area contributed by atoms with Gasteiger partial charge in [0.25, 0.3) is 0 Å². The minimum Gasteiger partial charge on any atom is -0.462 e. The van der Waals surface area contributed by atoms with E-state index in [0.717, 1.165) is 0 Å². The number of hydrogen-bond acceptors (Lipinski definition) is 12. The lowest BCUT2D eigenvalue weighted by Crippen LogP contribution is -2.69. The summed E-state index contributed by atoms with van der Waals surface area (Å²) in [4.78, 5) is 55.0. The summed E-state index contributed by atoms with van der Waals surface area (Å²) in [5.41, 5.74) is -4.99. The highest BCUT2D eigenvalue weighted by atomic mass is 16.6. The summed E-state index contributed by atoms with van der Waals surface area (Å²) in [7, 11) is 0. The van der Waals surface area contributed by atoms with Crippen molar-refractivity contribution < 1.29 is 57.1 Å². The molecule has 0 aromatic heterocycles. The van der Waals surface area contributed by atoms with Gasteiger partial charge in [-0.3, -0.25) is 19.2 Å². The fourth-order valence-corrected chi connectivity index (χ4v) is 7.45. The van der Waals surface area contributed by atoms with E-state index in [4.69, 9.17) is 37.9 Å². The van der Waals surface area contributed by atoms with E-state index in [1.807, 2.05) is 0 Å². The van der Waals surface area contributed by atoms with Gasteiger partial charge < -0.3 is 37.9 Å². The van der Waals surface area contributed by atoms with Crippen molar-refractivity contribution in [1.82, 2.24) is 0 Å². The average molecular weight is 537 g/mol. The van der Waals surface area contributed by atoms with E-state index in [-0.39, 0.29) is 89.4 Å². The molecule has 8 fully saturated rings. The van der Waals surface area contributed by atoms with E-state index in [1.54, 1.807) is 0 Å². The van der Waals surface area contributed by atoms with Gasteiger partial charge in [0, 0.05) is 0 Å². The van der Waals surface area contributed by atoms with Crippen molar-refractivity contribution in [3.8, 4) is 0 Å². The Hall–Kier alpha value is -2.28. The van der Waals surface area contributed by atoms with Crippen LogP contribution in [0.5, 0.6) is 0 Å². The van der Waals surface area contributed by atoms with Gasteiger partial charge in [-0.2, -0.15) is 0 Å². The highest BCUT2D eigenvalue weighted by Gasteiger charge is 2.77. The largest absolute Gasteiger partial charge is 0.462 e. The number of epoxide rings is 4. The van der Waals surface area contributed by atoms with Crippen LogP contribution >= 0.6 is 0 Å². The lowest BCUT2D eigenvalue weighted by Gasteiger charge is -2.66. The Labute approximate surface area is 218 Å². The van der Waals surface area contributed by atoms with E-state index in [2.05, 4.69) is 0 Å².